The summed E-state index contributed by atoms with van der Waals surface area (Å²) in [4.78, 5) is 24.4. The Bertz CT molecular complexity index is 469. The molecule has 6 heteroatoms. The van der Waals surface area contributed by atoms with Crippen LogP contribution in [0.4, 0.5) is 11.8 Å². The Kier molecular flexibility index (Phi) is 4.76. The van der Waals surface area contributed by atoms with Crippen LogP contribution in [-0.4, -0.2) is 53.5 Å². The van der Waals surface area contributed by atoms with Gasteiger partial charge in [0.05, 0.1) is 0 Å². The summed E-state index contributed by atoms with van der Waals surface area (Å²) >= 11 is 0. The lowest BCUT2D eigenvalue weighted by Crippen LogP contribution is -2.48. The lowest BCUT2D eigenvalue weighted by Gasteiger charge is -2.35. The van der Waals surface area contributed by atoms with E-state index >= 15 is 0 Å². The van der Waals surface area contributed by atoms with Gasteiger partial charge in [0.1, 0.15) is 5.82 Å². The topological polar surface area (TPSA) is 61.4 Å². The quantitative estimate of drug-likeness (QED) is 0.898. The Labute approximate surface area is 120 Å². The van der Waals surface area contributed by atoms with Gasteiger partial charge in [-0.05, 0) is 13.3 Å². The summed E-state index contributed by atoms with van der Waals surface area (Å²) in [5.74, 6) is 1.80. The molecule has 1 saturated heterocycles. The van der Waals surface area contributed by atoms with Gasteiger partial charge in [0.25, 0.3) is 0 Å². The van der Waals surface area contributed by atoms with E-state index in [0.717, 1.165) is 50.5 Å². The van der Waals surface area contributed by atoms with Crippen LogP contribution in [0.25, 0.3) is 0 Å². The average Bonchev–Trinajstić information content (AvgIpc) is 2.46. The number of carbonyl (C=O) groups is 1. The normalized spacial score (nSPS) is 15.3. The maximum atomic E-state index is 11.4. The summed E-state index contributed by atoms with van der Waals surface area (Å²) in [5, 5.41) is 3.21. The van der Waals surface area contributed by atoms with Crippen molar-refractivity contribution >= 4 is 17.7 Å². The number of hydrogen-bond acceptors (Lipinski definition) is 5. The number of hydrogen-bond donors (Lipinski definition) is 1. The number of aromatic nitrogens is 2. The number of carbonyl (C=O) groups excluding carboxylic acids is 1. The van der Waals surface area contributed by atoms with Crippen LogP contribution in [0, 0.1) is 6.92 Å². The van der Waals surface area contributed by atoms with Crippen LogP contribution in [0.15, 0.2) is 6.20 Å². The van der Waals surface area contributed by atoms with Gasteiger partial charge in [0.2, 0.25) is 11.9 Å². The third kappa shape index (κ3) is 3.37. The maximum absolute atomic E-state index is 11.4. The van der Waals surface area contributed by atoms with Crippen molar-refractivity contribution in [3.63, 3.8) is 0 Å². The van der Waals surface area contributed by atoms with E-state index < -0.39 is 0 Å². The molecule has 1 aliphatic rings. The molecule has 0 spiro atoms. The summed E-state index contributed by atoms with van der Waals surface area (Å²) < 4.78 is 0. The first kappa shape index (κ1) is 14.6. The van der Waals surface area contributed by atoms with Crippen molar-refractivity contribution in [1.82, 2.24) is 14.9 Å². The monoisotopic (exact) mass is 277 g/mol. The summed E-state index contributed by atoms with van der Waals surface area (Å²) in [6, 6.07) is 0. The van der Waals surface area contributed by atoms with Crippen molar-refractivity contribution in [2.24, 2.45) is 0 Å². The number of aryl methyl sites for hydroxylation is 1. The first-order valence-electron chi connectivity index (χ1n) is 7.19. The van der Waals surface area contributed by atoms with E-state index in [4.69, 9.17) is 0 Å². The number of nitrogens with zero attached hydrogens (tertiary/aromatic N) is 4. The molecule has 0 atom stereocenters. The fourth-order valence-electron chi connectivity index (χ4n) is 2.31. The highest BCUT2D eigenvalue weighted by Gasteiger charge is 2.21. The molecule has 1 amide bonds. The first-order chi connectivity index (χ1) is 9.61. The van der Waals surface area contributed by atoms with E-state index in [1.807, 2.05) is 18.0 Å². The number of amides is 1. The van der Waals surface area contributed by atoms with Crippen LogP contribution in [0.1, 0.15) is 25.8 Å². The van der Waals surface area contributed by atoms with E-state index in [0.29, 0.717) is 5.95 Å². The first-order valence-corrected chi connectivity index (χ1v) is 7.19. The SMILES string of the molecule is CCCNc1ncc(C)c(N2CCN(C(C)=O)CC2)n1. The molecule has 0 aliphatic carbocycles. The molecule has 0 bridgehead atoms. The van der Waals surface area contributed by atoms with Crippen LogP contribution in [0.3, 0.4) is 0 Å². The van der Waals surface area contributed by atoms with Gasteiger partial charge in [0, 0.05) is 51.4 Å². The van der Waals surface area contributed by atoms with Crippen molar-refractivity contribution in [3.8, 4) is 0 Å². The highest BCUT2D eigenvalue weighted by atomic mass is 16.2. The van der Waals surface area contributed by atoms with E-state index in [9.17, 15) is 4.79 Å². The summed E-state index contributed by atoms with van der Waals surface area (Å²) in [6.07, 6.45) is 2.90. The minimum absolute atomic E-state index is 0.148. The molecular formula is C14H23N5O. The summed E-state index contributed by atoms with van der Waals surface area (Å²) in [7, 11) is 0. The molecule has 1 aromatic rings. The molecule has 2 rings (SSSR count). The van der Waals surface area contributed by atoms with Crippen molar-refractivity contribution in [2.75, 3.05) is 42.9 Å². The van der Waals surface area contributed by atoms with E-state index in [1.54, 1.807) is 6.92 Å². The highest BCUT2D eigenvalue weighted by molar-refractivity contribution is 5.73. The molecule has 1 aliphatic heterocycles. The largest absolute Gasteiger partial charge is 0.354 e. The molecule has 1 aromatic heterocycles. The minimum atomic E-state index is 0.148. The van der Waals surface area contributed by atoms with E-state index in [1.165, 1.54) is 0 Å². The van der Waals surface area contributed by atoms with Crippen LogP contribution in [0.5, 0.6) is 0 Å². The lowest BCUT2D eigenvalue weighted by atomic mass is 10.2. The maximum Gasteiger partial charge on any atom is 0.224 e. The lowest BCUT2D eigenvalue weighted by molar-refractivity contribution is -0.129. The molecule has 20 heavy (non-hydrogen) atoms. The molecule has 1 N–H and O–H groups in total. The van der Waals surface area contributed by atoms with Gasteiger partial charge < -0.3 is 15.1 Å². The van der Waals surface area contributed by atoms with Crippen molar-refractivity contribution in [1.29, 1.82) is 0 Å². The summed E-state index contributed by atoms with van der Waals surface area (Å²) in [5.41, 5.74) is 1.07. The van der Waals surface area contributed by atoms with Crippen LogP contribution in [0.2, 0.25) is 0 Å². The van der Waals surface area contributed by atoms with Crippen LogP contribution in [-0.2, 0) is 4.79 Å². The Hall–Kier alpha value is -1.85. The Morgan fingerprint density at radius 1 is 1.35 bits per heavy atom. The van der Waals surface area contributed by atoms with Gasteiger partial charge in [0.15, 0.2) is 0 Å². The van der Waals surface area contributed by atoms with E-state index in [2.05, 4.69) is 27.1 Å². The number of rotatable bonds is 4. The second kappa shape index (κ2) is 6.54. The van der Waals surface area contributed by atoms with E-state index in [-0.39, 0.29) is 5.91 Å². The standard InChI is InChI=1S/C14H23N5O/c1-4-5-15-14-16-10-11(2)13(17-14)19-8-6-18(7-9-19)12(3)20/h10H,4-9H2,1-3H3,(H,15,16,17). The highest BCUT2D eigenvalue weighted by Crippen LogP contribution is 2.19. The molecular weight excluding hydrogens is 254 g/mol. The van der Waals surface area contributed by atoms with Gasteiger partial charge in [-0.3, -0.25) is 4.79 Å². The third-order valence-electron chi connectivity index (χ3n) is 3.50. The number of anilines is 2. The molecule has 0 aromatic carbocycles. The zero-order chi connectivity index (χ0) is 14.5. The molecule has 0 unspecified atom stereocenters. The molecule has 0 radical (unpaired) electrons. The fourth-order valence-corrected chi connectivity index (χ4v) is 2.31. The average molecular weight is 277 g/mol. The third-order valence-corrected chi connectivity index (χ3v) is 3.50. The summed E-state index contributed by atoms with van der Waals surface area (Å²) in [6.45, 7) is 9.81. The van der Waals surface area contributed by atoms with Gasteiger partial charge in [-0.15, -0.1) is 0 Å². The van der Waals surface area contributed by atoms with Gasteiger partial charge >= 0.3 is 0 Å². The number of piperazine rings is 1. The van der Waals surface area contributed by atoms with Gasteiger partial charge in [-0.25, -0.2) is 4.98 Å². The molecule has 0 saturated carbocycles. The molecule has 110 valence electrons. The zero-order valence-corrected chi connectivity index (χ0v) is 12.5. The van der Waals surface area contributed by atoms with Crippen LogP contribution < -0.4 is 10.2 Å². The second-order valence-electron chi connectivity index (χ2n) is 5.12. The van der Waals surface area contributed by atoms with Crippen molar-refractivity contribution in [2.45, 2.75) is 27.2 Å². The Balaban J connectivity index is 2.06. The molecule has 2 heterocycles. The Morgan fingerprint density at radius 2 is 2.05 bits per heavy atom. The zero-order valence-electron chi connectivity index (χ0n) is 12.5. The van der Waals surface area contributed by atoms with Gasteiger partial charge in [-0.2, -0.15) is 4.98 Å². The molecule has 1 fully saturated rings. The fraction of sp³-hybridized carbons (Fsp3) is 0.643. The molecule has 6 nitrogen and oxygen atoms in total. The predicted octanol–water partition coefficient (Wildman–Crippen LogP) is 1.28. The van der Waals surface area contributed by atoms with Crippen molar-refractivity contribution < 1.29 is 4.79 Å². The Morgan fingerprint density at radius 3 is 2.65 bits per heavy atom. The predicted molar refractivity (Wildman–Crippen MR) is 80.0 cm³/mol. The van der Waals surface area contributed by atoms with Gasteiger partial charge in [-0.1, -0.05) is 6.92 Å². The van der Waals surface area contributed by atoms with Crippen molar-refractivity contribution in [3.05, 3.63) is 11.8 Å². The number of nitrogens with one attached hydrogen (secondary N) is 1. The smallest absolute Gasteiger partial charge is 0.224 e. The second-order valence-corrected chi connectivity index (χ2v) is 5.12. The minimum Gasteiger partial charge on any atom is -0.354 e. The van der Waals surface area contributed by atoms with Crippen LogP contribution >= 0.6 is 0 Å².